The average molecular weight is 235 g/mol. The van der Waals surface area contributed by atoms with Gasteiger partial charge >= 0.3 is 0 Å². The van der Waals surface area contributed by atoms with Crippen LogP contribution in [-0.2, 0) is 6.42 Å². The minimum absolute atomic E-state index is 0.210. The number of fused-ring (bicyclic) bond motifs is 1. The largest absolute Gasteiger partial charge is 0.495 e. The van der Waals surface area contributed by atoms with Crippen LogP contribution >= 0.6 is 11.3 Å². The van der Waals surface area contributed by atoms with E-state index in [4.69, 9.17) is 10.5 Å². The van der Waals surface area contributed by atoms with E-state index in [1.165, 1.54) is 15.6 Å². The molecule has 2 N–H and O–H groups in total. The number of nitrogens with two attached hydrogens (primary N) is 1. The van der Waals surface area contributed by atoms with Crippen LogP contribution in [0.25, 0.3) is 10.1 Å². The average Bonchev–Trinajstić information content (AvgIpc) is 2.62. The lowest BCUT2D eigenvalue weighted by atomic mass is 9.95. The van der Waals surface area contributed by atoms with Crippen molar-refractivity contribution in [3.8, 4) is 5.75 Å². The standard InChI is InChI=1S/C13H17NOS/c1-13(2,14)8-10-5-4-9-6-7-16-12(9)11(10)15-3/h4-7H,8,14H2,1-3H3. The van der Waals surface area contributed by atoms with Crippen molar-refractivity contribution in [3.63, 3.8) is 0 Å². The Kier molecular flexibility index (Phi) is 2.91. The SMILES string of the molecule is COc1c(CC(C)(C)N)ccc2ccsc12. The molecule has 0 saturated carbocycles. The lowest BCUT2D eigenvalue weighted by Gasteiger charge is -2.20. The van der Waals surface area contributed by atoms with E-state index in [2.05, 4.69) is 23.6 Å². The molecular weight excluding hydrogens is 218 g/mol. The van der Waals surface area contributed by atoms with E-state index in [0.717, 1.165) is 12.2 Å². The van der Waals surface area contributed by atoms with Gasteiger partial charge in [-0.25, -0.2) is 0 Å². The summed E-state index contributed by atoms with van der Waals surface area (Å²) in [5.41, 5.74) is 7.03. The van der Waals surface area contributed by atoms with Crippen LogP contribution in [0.1, 0.15) is 19.4 Å². The van der Waals surface area contributed by atoms with E-state index >= 15 is 0 Å². The van der Waals surface area contributed by atoms with Gasteiger partial charge in [-0.2, -0.15) is 0 Å². The molecule has 0 spiro atoms. The maximum atomic E-state index is 6.06. The van der Waals surface area contributed by atoms with Crippen LogP contribution < -0.4 is 10.5 Å². The minimum atomic E-state index is -0.210. The summed E-state index contributed by atoms with van der Waals surface area (Å²) in [6, 6.07) is 6.36. The Morgan fingerprint density at radius 1 is 1.31 bits per heavy atom. The topological polar surface area (TPSA) is 35.2 Å². The summed E-state index contributed by atoms with van der Waals surface area (Å²) in [6.45, 7) is 4.07. The molecule has 2 aromatic rings. The lowest BCUT2D eigenvalue weighted by Crippen LogP contribution is -2.34. The molecule has 0 aliphatic rings. The maximum Gasteiger partial charge on any atom is 0.139 e. The number of hydrogen-bond acceptors (Lipinski definition) is 3. The zero-order valence-electron chi connectivity index (χ0n) is 9.91. The summed E-state index contributed by atoms with van der Waals surface area (Å²) in [6.07, 6.45) is 0.823. The van der Waals surface area contributed by atoms with E-state index in [9.17, 15) is 0 Å². The van der Waals surface area contributed by atoms with Gasteiger partial charge in [0.2, 0.25) is 0 Å². The molecule has 16 heavy (non-hydrogen) atoms. The Labute approximate surface area is 100 Å². The number of ether oxygens (including phenoxy) is 1. The first-order chi connectivity index (χ1) is 7.51. The van der Waals surface area contributed by atoms with Crippen LogP contribution in [0.15, 0.2) is 23.6 Å². The molecule has 0 aliphatic carbocycles. The van der Waals surface area contributed by atoms with Crippen LogP contribution in [0.4, 0.5) is 0 Å². The first-order valence-electron chi connectivity index (χ1n) is 5.33. The van der Waals surface area contributed by atoms with Gasteiger partial charge in [-0.05, 0) is 42.7 Å². The molecule has 0 amide bonds. The molecule has 3 heteroatoms. The predicted octanol–water partition coefficient (Wildman–Crippen LogP) is 3.19. The van der Waals surface area contributed by atoms with Crippen molar-refractivity contribution < 1.29 is 4.74 Å². The van der Waals surface area contributed by atoms with E-state index in [0.29, 0.717) is 0 Å². The molecule has 0 radical (unpaired) electrons. The lowest BCUT2D eigenvalue weighted by molar-refractivity contribution is 0.408. The zero-order valence-corrected chi connectivity index (χ0v) is 10.7. The van der Waals surface area contributed by atoms with Gasteiger partial charge in [0.25, 0.3) is 0 Å². The number of methoxy groups -OCH3 is 1. The monoisotopic (exact) mass is 235 g/mol. The van der Waals surface area contributed by atoms with Crippen LogP contribution in [0, 0.1) is 0 Å². The Morgan fingerprint density at radius 2 is 2.06 bits per heavy atom. The van der Waals surface area contributed by atoms with Crippen molar-refractivity contribution in [2.45, 2.75) is 25.8 Å². The Balaban J connectivity index is 2.52. The number of thiophene rings is 1. The molecule has 0 aliphatic heterocycles. The summed E-state index contributed by atoms with van der Waals surface area (Å²) in [5, 5.41) is 3.32. The van der Waals surface area contributed by atoms with Gasteiger partial charge in [0.05, 0.1) is 11.8 Å². The summed E-state index contributed by atoms with van der Waals surface area (Å²) in [4.78, 5) is 0. The Bertz CT molecular complexity index is 496. The summed E-state index contributed by atoms with van der Waals surface area (Å²) in [5.74, 6) is 0.978. The fourth-order valence-corrected chi connectivity index (χ4v) is 2.85. The van der Waals surface area contributed by atoms with E-state index in [-0.39, 0.29) is 5.54 Å². The third-order valence-electron chi connectivity index (χ3n) is 2.51. The summed E-state index contributed by atoms with van der Waals surface area (Å²) < 4.78 is 6.73. The van der Waals surface area contributed by atoms with E-state index in [1.807, 2.05) is 13.8 Å². The molecule has 1 aromatic carbocycles. The van der Waals surface area contributed by atoms with Gasteiger partial charge in [0, 0.05) is 5.54 Å². The number of benzene rings is 1. The van der Waals surface area contributed by atoms with Crippen LogP contribution in [0.2, 0.25) is 0 Å². The molecule has 0 atom stereocenters. The minimum Gasteiger partial charge on any atom is -0.495 e. The van der Waals surface area contributed by atoms with E-state index < -0.39 is 0 Å². The third-order valence-corrected chi connectivity index (χ3v) is 3.44. The van der Waals surface area contributed by atoms with Crippen LogP contribution in [0.3, 0.4) is 0 Å². The van der Waals surface area contributed by atoms with Crippen molar-refractivity contribution in [2.75, 3.05) is 7.11 Å². The summed E-state index contributed by atoms with van der Waals surface area (Å²) >= 11 is 1.71. The molecule has 1 aromatic heterocycles. The highest BCUT2D eigenvalue weighted by molar-refractivity contribution is 7.17. The fraction of sp³-hybridized carbons (Fsp3) is 0.385. The van der Waals surface area contributed by atoms with Crippen LogP contribution in [-0.4, -0.2) is 12.6 Å². The highest BCUT2D eigenvalue weighted by Gasteiger charge is 2.17. The van der Waals surface area contributed by atoms with Gasteiger partial charge in [0.15, 0.2) is 0 Å². The fourth-order valence-electron chi connectivity index (χ4n) is 1.90. The second-order valence-corrected chi connectivity index (χ2v) is 5.68. The highest BCUT2D eigenvalue weighted by Crippen LogP contribution is 2.35. The first-order valence-corrected chi connectivity index (χ1v) is 6.21. The second kappa shape index (κ2) is 4.07. The van der Waals surface area contributed by atoms with Crippen molar-refractivity contribution in [2.24, 2.45) is 5.73 Å². The smallest absolute Gasteiger partial charge is 0.139 e. The van der Waals surface area contributed by atoms with Crippen molar-refractivity contribution in [3.05, 3.63) is 29.1 Å². The molecule has 2 nitrogen and oxygen atoms in total. The molecule has 0 saturated heterocycles. The van der Waals surface area contributed by atoms with Gasteiger partial charge in [-0.15, -0.1) is 11.3 Å². The predicted molar refractivity (Wildman–Crippen MR) is 70.3 cm³/mol. The Morgan fingerprint density at radius 3 is 2.69 bits per heavy atom. The normalized spacial score (nSPS) is 12.0. The van der Waals surface area contributed by atoms with Gasteiger partial charge < -0.3 is 10.5 Å². The second-order valence-electron chi connectivity index (χ2n) is 4.76. The molecule has 2 rings (SSSR count). The van der Waals surface area contributed by atoms with Crippen molar-refractivity contribution in [1.82, 2.24) is 0 Å². The van der Waals surface area contributed by atoms with E-state index in [1.54, 1.807) is 18.4 Å². The number of rotatable bonds is 3. The Hall–Kier alpha value is -1.06. The molecule has 0 bridgehead atoms. The third kappa shape index (κ3) is 2.20. The number of hydrogen-bond donors (Lipinski definition) is 1. The van der Waals surface area contributed by atoms with Crippen LogP contribution in [0.5, 0.6) is 5.75 Å². The molecule has 0 unspecified atom stereocenters. The summed E-state index contributed by atoms with van der Waals surface area (Å²) in [7, 11) is 1.72. The highest BCUT2D eigenvalue weighted by atomic mass is 32.1. The molecular formula is C13H17NOS. The zero-order chi connectivity index (χ0) is 11.8. The molecule has 0 fully saturated rings. The molecule has 86 valence electrons. The van der Waals surface area contributed by atoms with Crippen molar-refractivity contribution >= 4 is 21.4 Å². The van der Waals surface area contributed by atoms with Crippen molar-refractivity contribution in [1.29, 1.82) is 0 Å². The van der Waals surface area contributed by atoms with Gasteiger partial charge in [-0.3, -0.25) is 0 Å². The molecule has 1 heterocycles. The quantitative estimate of drug-likeness (QED) is 0.886. The van der Waals surface area contributed by atoms with Gasteiger partial charge in [-0.1, -0.05) is 12.1 Å². The van der Waals surface area contributed by atoms with Gasteiger partial charge in [0.1, 0.15) is 5.75 Å². The maximum absolute atomic E-state index is 6.06. The first kappa shape index (κ1) is 11.4.